The van der Waals surface area contributed by atoms with Crippen LogP contribution in [0.5, 0.6) is 5.75 Å². The van der Waals surface area contributed by atoms with Gasteiger partial charge in [0.15, 0.2) is 5.78 Å². The van der Waals surface area contributed by atoms with Crippen molar-refractivity contribution in [1.29, 1.82) is 0 Å². The number of carbonyl (C=O) groups excluding carboxylic acids is 1. The summed E-state index contributed by atoms with van der Waals surface area (Å²) in [6, 6.07) is 5.96. The van der Waals surface area contributed by atoms with Crippen molar-refractivity contribution in [2.45, 2.75) is 32.6 Å². The molecule has 1 N–H and O–H groups in total. The molecule has 20 heavy (non-hydrogen) atoms. The Labute approximate surface area is 120 Å². The zero-order valence-corrected chi connectivity index (χ0v) is 12.2. The third kappa shape index (κ3) is 2.73. The first kappa shape index (κ1) is 13.6. The first-order chi connectivity index (χ1) is 9.75. The molecule has 1 aromatic rings. The summed E-state index contributed by atoms with van der Waals surface area (Å²) in [5.74, 6) is 2.14. The Bertz CT molecular complexity index is 492. The first-order valence-electron chi connectivity index (χ1n) is 7.74. The second kappa shape index (κ2) is 5.96. The number of fused-ring (bicyclic) bond motifs is 1. The minimum absolute atomic E-state index is 0.238. The molecule has 3 rings (SSSR count). The molecule has 0 aliphatic carbocycles. The maximum absolute atomic E-state index is 12.6. The molecule has 0 saturated carbocycles. The number of ether oxygens (including phenoxy) is 1. The molecular weight excluding hydrogens is 250 g/mol. The van der Waals surface area contributed by atoms with E-state index in [2.05, 4.69) is 18.3 Å². The maximum atomic E-state index is 12.6. The number of benzene rings is 1. The van der Waals surface area contributed by atoms with Gasteiger partial charge in [-0.15, -0.1) is 0 Å². The van der Waals surface area contributed by atoms with Gasteiger partial charge in [0.25, 0.3) is 0 Å². The van der Waals surface area contributed by atoms with Crippen molar-refractivity contribution >= 4 is 5.78 Å². The number of rotatable bonds is 4. The van der Waals surface area contributed by atoms with E-state index < -0.39 is 0 Å². The van der Waals surface area contributed by atoms with Gasteiger partial charge in [-0.25, -0.2) is 0 Å². The van der Waals surface area contributed by atoms with Gasteiger partial charge in [-0.1, -0.05) is 19.1 Å². The van der Waals surface area contributed by atoms with E-state index in [-0.39, 0.29) is 5.78 Å². The first-order valence-corrected chi connectivity index (χ1v) is 7.74. The monoisotopic (exact) mass is 273 g/mol. The molecule has 1 saturated heterocycles. The van der Waals surface area contributed by atoms with E-state index in [1.807, 2.05) is 12.1 Å². The van der Waals surface area contributed by atoms with Crippen molar-refractivity contribution in [1.82, 2.24) is 5.32 Å². The quantitative estimate of drug-likeness (QED) is 0.857. The van der Waals surface area contributed by atoms with Crippen LogP contribution in [-0.2, 0) is 6.42 Å². The fraction of sp³-hybridized carbons (Fsp3) is 0.588. The normalized spacial score (nSPS) is 22.9. The number of piperidine rings is 1. The second-order valence-corrected chi connectivity index (χ2v) is 6.10. The summed E-state index contributed by atoms with van der Waals surface area (Å²) >= 11 is 0. The number of para-hydroxylation sites is 1. The summed E-state index contributed by atoms with van der Waals surface area (Å²) in [5, 5.41) is 3.43. The Morgan fingerprint density at radius 1 is 1.50 bits per heavy atom. The zero-order chi connectivity index (χ0) is 13.9. The Morgan fingerprint density at radius 2 is 2.40 bits per heavy atom. The fourth-order valence-electron chi connectivity index (χ4n) is 3.37. The van der Waals surface area contributed by atoms with E-state index in [1.165, 1.54) is 18.4 Å². The number of Topliss-reactive ketones (excluding diaryl/α,β-unsaturated/α-hetero) is 1. The third-order valence-electron chi connectivity index (χ3n) is 4.66. The number of hydrogen-bond acceptors (Lipinski definition) is 3. The molecule has 0 amide bonds. The summed E-state index contributed by atoms with van der Waals surface area (Å²) in [4.78, 5) is 12.6. The van der Waals surface area contributed by atoms with Gasteiger partial charge in [0.1, 0.15) is 5.75 Å². The molecule has 2 atom stereocenters. The van der Waals surface area contributed by atoms with Crippen LogP contribution in [0.3, 0.4) is 0 Å². The molecule has 0 aromatic heterocycles. The van der Waals surface area contributed by atoms with Crippen LogP contribution < -0.4 is 10.1 Å². The van der Waals surface area contributed by atoms with Crippen LogP contribution in [0, 0.1) is 11.8 Å². The average molecular weight is 273 g/mol. The van der Waals surface area contributed by atoms with Crippen molar-refractivity contribution in [3.8, 4) is 5.75 Å². The highest BCUT2D eigenvalue weighted by Gasteiger charge is 2.25. The molecule has 2 aliphatic heterocycles. The largest absolute Gasteiger partial charge is 0.492 e. The van der Waals surface area contributed by atoms with Gasteiger partial charge in [-0.3, -0.25) is 4.79 Å². The van der Waals surface area contributed by atoms with Gasteiger partial charge < -0.3 is 10.1 Å². The van der Waals surface area contributed by atoms with Gasteiger partial charge in [0.05, 0.1) is 12.2 Å². The highest BCUT2D eigenvalue weighted by atomic mass is 16.5. The standard InChI is InChI=1S/C17H23NO2/c1-12(14-5-3-8-18-11-14)10-16(19)15-6-2-4-13-7-9-20-17(13)15/h2,4,6,12,14,18H,3,5,7-11H2,1H3. The lowest BCUT2D eigenvalue weighted by Crippen LogP contribution is -2.34. The summed E-state index contributed by atoms with van der Waals surface area (Å²) in [6.07, 6.45) is 4.03. The lowest BCUT2D eigenvalue weighted by Gasteiger charge is -2.28. The Hall–Kier alpha value is -1.35. The van der Waals surface area contributed by atoms with E-state index in [0.29, 0.717) is 24.9 Å². The van der Waals surface area contributed by atoms with E-state index in [0.717, 1.165) is 30.8 Å². The van der Waals surface area contributed by atoms with Crippen LogP contribution in [-0.4, -0.2) is 25.5 Å². The van der Waals surface area contributed by atoms with E-state index >= 15 is 0 Å². The van der Waals surface area contributed by atoms with Crippen molar-refractivity contribution in [3.63, 3.8) is 0 Å². The van der Waals surface area contributed by atoms with Crippen LogP contribution in [0.1, 0.15) is 42.1 Å². The van der Waals surface area contributed by atoms with Gasteiger partial charge in [0.2, 0.25) is 0 Å². The van der Waals surface area contributed by atoms with Crippen LogP contribution in [0.2, 0.25) is 0 Å². The maximum Gasteiger partial charge on any atom is 0.166 e. The number of nitrogens with one attached hydrogen (secondary N) is 1. The molecule has 0 bridgehead atoms. The lowest BCUT2D eigenvalue weighted by atomic mass is 9.83. The number of carbonyl (C=O) groups is 1. The molecule has 3 heteroatoms. The van der Waals surface area contributed by atoms with Gasteiger partial charge in [-0.05, 0) is 49.4 Å². The Balaban J connectivity index is 1.68. The Morgan fingerprint density at radius 3 is 3.20 bits per heavy atom. The molecule has 108 valence electrons. The summed E-state index contributed by atoms with van der Waals surface area (Å²) < 4.78 is 5.64. The van der Waals surface area contributed by atoms with Gasteiger partial charge in [-0.2, -0.15) is 0 Å². The topological polar surface area (TPSA) is 38.3 Å². The predicted octanol–water partition coefficient (Wildman–Crippen LogP) is 2.83. The van der Waals surface area contributed by atoms with Crippen LogP contribution in [0.4, 0.5) is 0 Å². The second-order valence-electron chi connectivity index (χ2n) is 6.10. The zero-order valence-electron chi connectivity index (χ0n) is 12.2. The highest BCUT2D eigenvalue weighted by Crippen LogP contribution is 2.32. The molecule has 1 fully saturated rings. The summed E-state index contributed by atoms with van der Waals surface area (Å²) in [6.45, 7) is 5.09. The molecule has 2 unspecified atom stereocenters. The van der Waals surface area contributed by atoms with Crippen molar-refractivity contribution in [2.24, 2.45) is 11.8 Å². The highest BCUT2D eigenvalue weighted by molar-refractivity contribution is 5.99. The van der Waals surface area contributed by atoms with Crippen molar-refractivity contribution in [2.75, 3.05) is 19.7 Å². The number of hydrogen-bond donors (Lipinski definition) is 1. The molecule has 2 aliphatic rings. The molecule has 0 radical (unpaired) electrons. The smallest absolute Gasteiger partial charge is 0.166 e. The molecule has 2 heterocycles. The van der Waals surface area contributed by atoms with Crippen LogP contribution in [0.15, 0.2) is 18.2 Å². The summed E-state index contributed by atoms with van der Waals surface area (Å²) in [7, 11) is 0. The minimum Gasteiger partial charge on any atom is -0.492 e. The fourth-order valence-corrected chi connectivity index (χ4v) is 3.37. The molecule has 1 aromatic carbocycles. The molecule has 0 spiro atoms. The molecule has 3 nitrogen and oxygen atoms in total. The molecular formula is C17H23NO2. The van der Waals surface area contributed by atoms with Gasteiger partial charge >= 0.3 is 0 Å². The van der Waals surface area contributed by atoms with Crippen molar-refractivity contribution in [3.05, 3.63) is 29.3 Å². The van der Waals surface area contributed by atoms with Gasteiger partial charge in [0, 0.05) is 12.8 Å². The van der Waals surface area contributed by atoms with E-state index in [4.69, 9.17) is 4.74 Å². The number of ketones is 1. The van der Waals surface area contributed by atoms with Crippen LogP contribution in [0.25, 0.3) is 0 Å². The van der Waals surface area contributed by atoms with Crippen molar-refractivity contribution < 1.29 is 9.53 Å². The SMILES string of the molecule is CC(CC(=O)c1cccc2c1OCC2)C1CCCNC1. The average Bonchev–Trinajstić information content (AvgIpc) is 2.96. The minimum atomic E-state index is 0.238. The Kier molecular flexibility index (Phi) is 4.06. The lowest BCUT2D eigenvalue weighted by molar-refractivity contribution is 0.0940. The third-order valence-corrected chi connectivity index (χ3v) is 4.66. The van der Waals surface area contributed by atoms with Crippen LogP contribution >= 0.6 is 0 Å². The van der Waals surface area contributed by atoms with E-state index in [9.17, 15) is 4.79 Å². The van der Waals surface area contributed by atoms with E-state index in [1.54, 1.807) is 0 Å². The summed E-state index contributed by atoms with van der Waals surface area (Å²) in [5.41, 5.74) is 1.97. The predicted molar refractivity (Wildman–Crippen MR) is 79.3 cm³/mol.